The first-order chi connectivity index (χ1) is 13.7. The van der Waals surface area contributed by atoms with E-state index in [0.29, 0.717) is 17.6 Å². The minimum Gasteiger partial charge on any atom is -0.378 e. The first-order valence-electron chi connectivity index (χ1n) is 11.2. The maximum atomic E-state index is 12.6. The van der Waals surface area contributed by atoms with Crippen LogP contribution >= 0.6 is 0 Å². The SMILES string of the molecule is CCOC1CC(NC(=NC)N2CCN(C(=O)C3CCCO3)CC2)C12CCCC2. The molecule has 2 heterocycles. The van der Waals surface area contributed by atoms with Crippen LogP contribution in [0.15, 0.2) is 4.99 Å². The summed E-state index contributed by atoms with van der Waals surface area (Å²) in [6.45, 7) is 6.76. The maximum absolute atomic E-state index is 12.6. The van der Waals surface area contributed by atoms with Crippen molar-refractivity contribution in [1.82, 2.24) is 15.1 Å². The molecule has 1 spiro atoms. The Kier molecular flexibility index (Phi) is 6.11. The lowest BCUT2D eigenvalue weighted by molar-refractivity contribution is -0.142. The molecule has 0 radical (unpaired) electrons. The molecular formula is C21H36N4O3. The molecule has 2 aliphatic heterocycles. The zero-order valence-electron chi connectivity index (χ0n) is 17.5. The van der Waals surface area contributed by atoms with Crippen molar-refractivity contribution in [2.45, 2.75) is 70.1 Å². The number of nitrogens with zero attached hydrogens (tertiary/aromatic N) is 3. The molecule has 0 aromatic carbocycles. The largest absolute Gasteiger partial charge is 0.378 e. The Bertz CT molecular complexity index is 576. The minimum absolute atomic E-state index is 0.170. The van der Waals surface area contributed by atoms with Crippen molar-refractivity contribution in [3.8, 4) is 0 Å². The zero-order valence-corrected chi connectivity index (χ0v) is 17.5. The molecule has 7 heteroatoms. The summed E-state index contributed by atoms with van der Waals surface area (Å²) < 4.78 is 11.6. The Hall–Kier alpha value is -1.34. The van der Waals surface area contributed by atoms with Gasteiger partial charge in [0.2, 0.25) is 0 Å². The second kappa shape index (κ2) is 8.57. The molecule has 3 unspecified atom stereocenters. The molecule has 7 nitrogen and oxygen atoms in total. The van der Waals surface area contributed by atoms with Gasteiger partial charge in [0, 0.05) is 57.9 Å². The fraction of sp³-hybridized carbons (Fsp3) is 0.905. The van der Waals surface area contributed by atoms with E-state index in [2.05, 4.69) is 22.1 Å². The first kappa shape index (κ1) is 20.0. The van der Waals surface area contributed by atoms with Gasteiger partial charge in [0.15, 0.2) is 5.96 Å². The first-order valence-corrected chi connectivity index (χ1v) is 11.2. The number of hydrogen-bond donors (Lipinski definition) is 1. The van der Waals surface area contributed by atoms with Crippen LogP contribution in [-0.4, -0.2) is 86.4 Å². The molecule has 0 bridgehead atoms. The van der Waals surface area contributed by atoms with Crippen molar-refractivity contribution in [3.05, 3.63) is 0 Å². The lowest BCUT2D eigenvalue weighted by Crippen LogP contribution is -2.66. The van der Waals surface area contributed by atoms with E-state index in [9.17, 15) is 4.79 Å². The van der Waals surface area contributed by atoms with Crippen molar-refractivity contribution in [3.63, 3.8) is 0 Å². The molecule has 2 aliphatic carbocycles. The van der Waals surface area contributed by atoms with E-state index in [1.807, 2.05) is 11.9 Å². The highest BCUT2D eigenvalue weighted by atomic mass is 16.5. The molecule has 0 aromatic rings. The summed E-state index contributed by atoms with van der Waals surface area (Å²) in [6, 6.07) is 0.455. The van der Waals surface area contributed by atoms with Gasteiger partial charge in [-0.25, -0.2) is 0 Å². The highest BCUT2D eigenvalue weighted by Crippen LogP contribution is 2.54. The third kappa shape index (κ3) is 3.63. The van der Waals surface area contributed by atoms with Crippen LogP contribution in [0.4, 0.5) is 0 Å². The average Bonchev–Trinajstić information content (AvgIpc) is 3.43. The van der Waals surface area contributed by atoms with Crippen molar-refractivity contribution in [2.24, 2.45) is 10.4 Å². The molecule has 4 aliphatic rings. The second-order valence-electron chi connectivity index (χ2n) is 8.68. The van der Waals surface area contributed by atoms with Crippen LogP contribution in [0.25, 0.3) is 0 Å². The number of hydrogen-bond acceptors (Lipinski definition) is 4. The molecule has 0 aromatic heterocycles. The molecule has 158 valence electrons. The van der Waals surface area contributed by atoms with Gasteiger partial charge in [-0.15, -0.1) is 0 Å². The van der Waals surface area contributed by atoms with Crippen LogP contribution < -0.4 is 5.32 Å². The smallest absolute Gasteiger partial charge is 0.251 e. The van der Waals surface area contributed by atoms with E-state index in [-0.39, 0.29) is 12.0 Å². The third-order valence-corrected chi connectivity index (χ3v) is 7.30. The van der Waals surface area contributed by atoms with E-state index in [1.54, 1.807) is 0 Å². The zero-order chi connectivity index (χ0) is 19.6. The number of carbonyl (C=O) groups is 1. The van der Waals surface area contributed by atoms with Crippen LogP contribution in [0, 0.1) is 5.41 Å². The summed E-state index contributed by atoms with van der Waals surface area (Å²) in [5, 5.41) is 3.76. The van der Waals surface area contributed by atoms with Gasteiger partial charge in [0.25, 0.3) is 5.91 Å². The summed E-state index contributed by atoms with van der Waals surface area (Å²) in [5.41, 5.74) is 0.295. The number of amides is 1. The van der Waals surface area contributed by atoms with Crippen molar-refractivity contribution < 1.29 is 14.3 Å². The lowest BCUT2D eigenvalue weighted by atomic mass is 9.60. The number of guanidine groups is 1. The monoisotopic (exact) mass is 392 g/mol. The Balaban J connectivity index is 1.31. The van der Waals surface area contributed by atoms with Crippen LogP contribution in [0.1, 0.15) is 51.9 Å². The quantitative estimate of drug-likeness (QED) is 0.582. The fourth-order valence-electron chi connectivity index (χ4n) is 5.66. The number of piperazine rings is 1. The number of rotatable bonds is 4. The van der Waals surface area contributed by atoms with Gasteiger partial charge in [-0.2, -0.15) is 0 Å². The summed E-state index contributed by atoms with van der Waals surface area (Å²) in [6.07, 6.45) is 8.27. The number of carbonyl (C=O) groups excluding carboxylic acids is 1. The average molecular weight is 393 g/mol. The highest BCUT2D eigenvalue weighted by Gasteiger charge is 2.57. The van der Waals surface area contributed by atoms with E-state index < -0.39 is 0 Å². The van der Waals surface area contributed by atoms with Gasteiger partial charge in [-0.3, -0.25) is 9.79 Å². The standard InChI is InChI=1S/C21H36N4O3/c1-3-27-18-15-17(21(18)8-4-5-9-21)23-20(22-2)25-12-10-24(11-13-25)19(26)16-7-6-14-28-16/h16-18H,3-15H2,1-2H3,(H,22,23). The lowest BCUT2D eigenvalue weighted by Gasteiger charge is -2.55. The van der Waals surface area contributed by atoms with Crippen molar-refractivity contribution >= 4 is 11.9 Å². The van der Waals surface area contributed by atoms with Gasteiger partial charge in [-0.1, -0.05) is 12.8 Å². The molecule has 3 atom stereocenters. The molecule has 4 fully saturated rings. The molecular weight excluding hydrogens is 356 g/mol. The number of aliphatic imine (C=N–C) groups is 1. The molecule has 2 saturated heterocycles. The molecule has 4 rings (SSSR count). The third-order valence-electron chi connectivity index (χ3n) is 7.30. The van der Waals surface area contributed by atoms with Gasteiger partial charge in [0.1, 0.15) is 6.10 Å². The van der Waals surface area contributed by atoms with E-state index >= 15 is 0 Å². The number of nitrogens with one attached hydrogen (secondary N) is 1. The normalized spacial score (nSPS) is 32.6. The molecule has 1 amide bonds. The van der Waals surface area contributed by atoms with Crippen molar-refractivity contribution in [1.29, 1.82) is 0 Å². The van der Waals surface area contributed by atoms with E-state index in [0.717, 1.165) is 64.6 Å². The van der Waals surface area contributed by atoms with Crippen molar-refractivity contribution in [2.75, 3.05) is 46.4 Å². The molecule has 28 heavy (non-hydrogen) atoms. The topological polar surface area (TPSA) is 66.4 Å². The second-order valence-corrected chi connectivity index (χ2v) is 8.68. The van der Waals surface area contributed by atoms with Crippen LogP contribution in [0.3, 0.4) is 0 Å². The van der Waals surface area contributed by atoms with Crippen LogP contribution in [0.2, 0.25) is 0 Å². The van der Waals surface area contributed by atoms with Crippen LogP contribution in [0.5, 0.6) is 0 Å². The van der Waals surface area contributed by atoms with Crippen LogP contribution in [-0.2, 0) is 14.3 Å². The van der Waals surface area contributed by atoms with Gasteiger partial charge in [-0.05, 0) is 39.0 Å². The minimum atomic E-state index is -0.211. The fourth-order valence-corrected chi connectivity index (χ4v) is 5.66. The summed E-state index contributed by atoms with van der Waals surface area (Å²) in [5.74, 6) is 1.15. The molecule has 1 N–H and O–H groups in total. The summed E-state index contributed by atoms with van der Waals surface area (Å²) in [7, 11) is 1.87. The predicted octanol–water partition coefficient (Wildman–Crippen LogP) is 1.62. The molecule has 2 saturated carbocycles. The summed E-state index contributed by atoms with van der Waals surface area (Å²) in [4.78, 5) is 21.4. The summed E-state index contributed by atoms with van der Waals surface area (Å²) >= 11 is 0. The predicted molar refractivity (Wildman–Crippen MR) is 108 cm³/mol. The Morgan fingerprint density at radius 3 is 2.50 bits per heavy atom. The Morgan fingerprint density at radius 1 is 1.18 bits per heavy atom. The number of ether oxygens (including phenoxy) is 2. The maximum Gasteiger partial charge on any atom is 0.251 e. The van der Waals surface area contributed by atoms with Gasteiger partial charge >= 0.3 is 0 Å². The van der Waals surface area contributed by atoms with Gasteiger partial charge < -0.3 is 24.6 Å². The Labute approximate surface area is 168 Å². The Morgan fingerprint density at radius 2 is 1.89 bits per heavy atom. The van der Waals surface area contributed by atoms with E-state index in [1.165, 1.54) is 25.7 Å². The van der Waals surface area contributed by atoms with Gasteiger partial charge in [0.05, 0.1) is 6.10 Å². The van der Waals surface area contributed by atoms with E-state index in [4.69, 9.17) is 9.47 Å². The highest BCUT2D eigenvalue weighted by molar-refractivity contribution is 5.83.